The van der Waals surface area contributed by atoms with E-state index in [9.17, 15) is 4.79 Å². The maximum absolute atomic E-state index is 12.5. The molecule has 3 aromatic rings. The third-order valence-electron chi connectivity index (χ3n) is 5.22. The first-order valence-electron chi connectivity index (χ1n) is 9.97. The summed E-state index contributed by atoms with van der Waals surface area (Å²) in [7, 11) is 2.13. The highest BCUT2D eigenvalue weighted by Gasteiger charge is 2.19. The topological polar surface area (TPSA) is 46.8 Å². The van der Waals surface area contributed by atoms with E-state index >= 15 is 0 Å². The van der Waals surface area contributed by atoms with E-state index in [1.807, 2.05) is 72.9 Å². The molecule has 2 aromatic carbocycles. The number of nitrogens with zero attached hydrogens (tertiary/aromatic N) is 3. The lowest BCUT2D eigenvalue weighted by Crippen LogP contribution is -2.33. The van der Waals surface area contributed by atoms with E-state index in [0.717, 1.165) is 48.5 Å². The third kappa shape index (κ3) is 4.63. The van der Waals surface area contributed by atoms with Crippen molar-refractivity contribution in [2.45, 2.75) is 18.9 Å². The molecular weight excluding hydrogens is 362 g/mol. The molecule has 0 saturated carbocycles. The summed E-state index contributed by atoms with van der Waals surface area (Å²) in [5, 5.41) is 4.56. The van der Waals surface area contributed by atoms with E-state index < -0.39 is 0 Å². The van der Waals surface area contributed by atoms with Crippen LogP contribution in [0.3, 0.4) is 0 Å². The summed E-state index contributed by atoms with van der Waals surface area (Å²) in [6, 6.07) is 23.0. The van der Waals surface area contributed by atoms with Gasteiger partial charge in [-0.05, 0) is 38.1 Å². The quantitative estimate of drug-likeness (QED) is 0.495. The molecule has 2 heterocycles. The molecule has 0 unspecified atom stereocenters. The fourth-order valence-electron chi connectivity index (χ4n) is 3.50. The fraction of sp³-hybridized carbons (Fsp3) is 0.250. The minimum atomic E-state index is -0.0800. The van der Waals surface area contributed by atoms with Gasteiger partial charge in [-0.2, -0.15) is 0 Å². The SMILES string of the molecule is CN1CCC(ON=C(c2ccccc2)c2ccc(=O)n(-c3ccccc3)c2)CC1. The smallest absolute Gasteiger partial charge is 0.255 e. The van der Waals surface area contributed by atoms with E-state index in [4.69, 9.17) is 4.84 Å². The monoisotopic (exact) mass is 387 g/mol. The molecule has 1 fully saturated rings. The second-order valence-electron chi connectivity index (χ2n) is 7.38. The highest BCUT2D eigenvalue weighted by atomic mass is 16.6. The Hall–Kier alpha value is -3.18. The molecule has 1 aliphatic heterocycles. The molecule has 0 atom stereocenters. The van der Waals surface area contributed by atoms with Crippen LogP contribution in [0.5, 0.6) is 0 Å². The average molecular weight is 387 g/mol. The molecular formula is C24H25N3O2. The Bertz CT molecular complexity index is 1020. The maximum atomic E-state index is 12.5. The van der Waals surface area contributed by atoms with Gasteiger partial charge in [-0.3, -0.25) is 9.36 Å². The maximum Gasteiger partial charge on any atom is 0.255 e. The second kappa shape index (κ2) is 8.88. The zero-order valence-electron chi connectivity index (χ0n) is 16.6. The Morgan fingerprint density at radius 1 is 0.897 bits per heavy atom. The lowest BCUT2D eigenvalue weighted by atomic mass is 10.0. The van der Waals surface area contributed by atoms with Crippen molar-refractivity contribution in [3.63, 3.8) is 0 Å². The van der Waals surface area contributed by atoms with E-state index in [-0.39, 0.29) is 11.7 Å². The van der Waals surface area contributed by atoms with Crippen LogP contribution in [0, 0.1) is 0 Å². The Balaban J connectivity index is 1.70. The van der Waals surface area contributed by atoms with Crippen molar-refractivity contribution in [2.75, 3.05) is 20.1 Å². The molecule has 0 N–H and O–H groups in total. The minimum absolute atomic E-state index is 0.0800. The highest BCUT2D eigenvalue weighted by molar-refractivity contribution is 6.12. The number of pyridine rings is 1. The summed E-state index contributed by atoms with van der Waals surface area (Å²) < 4.78 is 1.64. The second-order valence-corrected chi connectivity index (χ2v) is 7.38. The minimum Gasteiger partial charge on any atom is -0.392 e. The van der Waals surface area contributed by atoms with E-state index in [0.29, 0.717) is 0 Å². The summed E-state index contributed by atoms with van der Waals surface area (Å²) in [4.78, 5) is 20.7. The van der Waals surface area contributed by atoms with Crippen LogP contribution in [-0.2, 0) is 4.84 Å². The first-order valence-corrected chi connectivity index (χ1v) is 9.97. The lowest BCUT2D eigenvalue weighted by molar-refractivity contribution is 0.0163. The van der Waals surface area contributed by atoms with Crippen LogP contribution < -0.4 is 5.56 Å². The summed E-state index contributed by atoms with van der Waals surface area (Å²) in [6.45, 7) is 2.03. The predicted molar refractivity (Wildman–Crippen MR) is 116 cm³/mol. The number of aromatic nitrogens is 1. The molecule has 4 rings (SSSR count). The van der Waals surface area contributed by atoms with Gasteiger partial charge >= 0.3 is 0 Å². The highest BCUT2D eigenvalue weighted by Crippen LogP contribution is 2.16. The van der Waals surface area contributed by atoms with Crippen LogP contribution in [0.15, 0.2) is 88.9 Å². The predicted octanol–water partition coefficient (Wildman–Crippen LogP) is 3.70. The average Bonchev–Trinajstić information content (AvgIpc) is 2.77. The van der Waals surface area contributed by atoms with Crippen molar-refractivity contribution in [1.82, 2.24) is 9.47 Å². The van der Waals surface area contributed by atoms with Gasteiger partial charge < -0.3 is 9.74 Å². The molecule has 0 bridgehead atoms. The molecule has 0 aliphatic carbocycles. The molecule has 0 radical (unpaired) electrons. The number of rotatable bonds is 5. The number of oxime groups is 1. The zero-order valence-corrected chi connectivity index (χ0v) is 16.6. The van der Waals surface area contributed by atoms with Crippen molar-refractivity contribution in [3.8, 4) is 5.69 Å². The van der Waals surface area contributed by atoms with Gasteiger partial charge in [0.2, 0.25) is 0 Å². The van der Waals surface area contributed by atoms with Crippen LogP contribution in [0.2, 0.25) is 0 Å². The largest absolute Gasteiger partial charge is 0.392 e. The molecule has 0 spiro atoms. The Morgan fingerprint density at radius 2 is 1.55 bits per heavy atom. The van der Waals surface area contributed by atoms with E-state index in [1.165, 1.54) is 0 Å². The van der Waals surface area contributed by atoms with Crippen molar-refractivity contribution in [1.29, 1.82) is 0 Å². The lowest BCUT2D eigenvalue weighted by Gasteiger charge is -2.27. The first-order chi connectivity index (χ1) is 14.2. The summed E-state index contributed by atoms with van der Waals surface area (Å²) in [6.07, 6.45) is 3.88. The molecule has 1 aliphatic rings. The molecule has 1 saturated heterocycles. The van der Waals surface area contributed by atoms with Gasteiger partial charge in [0.1, 0.15) is 11.8 Å². The Morgan fingerprint density at radius 3 is 2.24 bits per heavy atom. The molecule has 5 nitrogen and oxygen atoms in total. The van der Waals surface area contributed by atoms with Gasteiger partial charge in [0.15, 0.2) is 0 Å². The van der Waals surface area contributed by atoms with Gasteiger partial charge in [0.25, 0.3) is 5.56 Å². The van der Waals surface area contributed by atoms with Crippen LogP contribution in [-0.4, -0.2) is 41.4 Å². The molecule has 148 valence electrons. The van der Waals surface area contributed by atoms with Gasteiger partial charge in [-0.15, -0.1) is 0 Å². The van der Waals surface area contributed by atoms with Crippen LogP contribution >= 0.6 is 0 Å². The van der Waals surface area contributed by atoms with Crippen molar-refractivity contribution >= 4 is 5.71 Å². The standard InChI is InChI=1S/C24H25N3O2/c1-26-16-14-22(15-17-26)29-25-24(19-8-4-2-5-9-19)20-12-13-23(28)27(18-20)21-10-6-3-7-11-21/h2-13,18,22H,14-17H2,1H3. The van der Waals surface area contributed by atoms with Crippen molar-refractivity contribution in [3.05, 3.63) is 100 Å². The van der Waals surface area contributed by atoms with E-state index in [2.05, 4.69) is 17.1 Å². The Labute approximate surface area is 170 Å². The number of para-hydroxylation sites is 1. The van der Waals surface area contributed by atoms with Gasteiger partial charge in [-0.1, -0.05) is 53.7 Å². The van der Waals surface area contributed by atoms with Gasteiger partial charge in [-0.25, -0.2) is 0 Å². The Kier molecular flexibility index (Phi) is 5.86. The van der Waals surface area contributed by atoms with Crippen LogP contribution in [0.25, 0.3) is 5.69 Å². The third-order valence-corrected chi connectivity index (χ3v) is 5.22. The van der Waals surface area contributed by atoms with E-state index in [1.54, 1.807) is 10.6 Å². The van der Waals surface area contributed by atoms with Crippen LogP contribution in [0.1, 0.15) is 24.0 Å². The van der Waals surface area contributed by atoms with Gasteiger partial charge in [0, 0.05) is 42.2 Å². The zero-order chi connectivity index (χ0) is 20.1. The summed E-state index contributed by atoms with van der Waals surface area (Å²) in [5.41, 5.74) is 3.27. The molecule has 0 amide bonds. The summed E-state index contributed by atoms with van der Waals surface area (Å²) in [5.74, 6) is 0. The normalized spacial score (nSPS) is 16.0. The van der Waals surface area contributed by atoms with Crippen molar-refractivity contribution in [2.24, 2.45) is 5.16 Å². The number of hydrogen-bond acceptors (Lipinski definition) is 4. The molecule has 29 heavy (non-hydrogen) atoms. The number of hydrogen-bond donors (Lipinski definition) is 0. The number of likely N-dealkylation sites (tertiary alicyclic amines) is 1. The number of benzene rings is 2. The van der Waals surface area contributed by atoms with Gasteiger partial charge in [0.05, 0.1) is 0 Å². The fourth-order valence-corrected chi connectivity index (χ4v) is 3.50. The number of piperidine rings is 1. The summed E-state index contributed by atoms with van der Waals surface area (Å²) >= 11 is 0. The van der Waals surface area contributed by atoms with Crippen molar-refractivity contribution < 1.29 is 4.84 Å². The van der Waals surface area contributed by atoms with Crippen LogP contribution in [0.4, 0.5) is 0 Å². The first kappa shape index (κ1) is 19.2. The molecule has 1 aromatic heterocycles. The molecule has 5 heteroatoms.